The average Bonchev–Trinajstić information content (AvgIpc) is 2.57. The first-order valence-corrected chi connectivity index (χ1v) is 8.79. The van der Waals surface area contributed by atoms with Crippen LogP contribution in [-0.2, 0) is 35.9 Å². The molecule has 0 saturated carbocycles. The number of amides is 1. The molecule has 0 aliphatic rings. The molecule has 1 aromatic carbocycles. The predicted octanol–water partition coefficient (Wildman–Crippen LogP) is 2.88. The highest BCUT2D eigenvalue weighted by molar-refractivity contribution is 6.07. The number of esters is 2. The fourth-order valence-corrected chi connectivity index (χ4v) is 2.49. The normalized spacial score (nSPS) is 13.5. The van der Waals surface area contributed by atoms with Crippen molar-refractivity contribution in [2.24, 2.45) is 0 Å². The number of rotatable bonds is 7. The van der Waals surface area contributed by atoms with Crippen molar-refractivity contribution in [2.45, 2.75) is 65.5 Å². The Bertz CT molecular complexity index is 645. The largest absolute Gasteiger partial charge is 0.464 e. The van der Waals surface area contributed by atoms with Gasteiger partial charge in [-0.15, -0.1) is 0 Å². The molecule has 0 aliphatic carbocycles. The van der Waals surface area contributed by atoms with Crippen LogP contribution in [-0.4, -0.2) is 30.0 Å². The highest BCUT2D eigenvalue weighted by atomic mass is 16.6. The van der Waals surface area contributed by atoms with Crippen molar-refractivity contribution in [2.75, 3.05) is 6.61 Å². The van der Waals surface area contributed by atoms with Gasteiger partial charge >= 0.3 is 11.9 Å². The van der Waals surface area contributed by atoms with Crippen LogP contribution in [0.2, 0.25) is 0 Å². The van der Waals surface area contributed by atoms with Gasteiger partial charge in [0.2, 0.25) is 11.4 Å². The van der Waals surface area contributed by atoms with Gasteiger partial charge < -0.3 is 14.8 Å². The molecule has 0 bridgehead atoms. The van der Waals surface area contributed by atoms with Crippen molar-refractivity contribution in [1.29, 1.82) is 0 Å². The maximum Gasteiger partial charge on any atom is 0.344 e. The summed E-state index contributed by atoms with van der Waals surface area (Å²) < 4.78 is 10.3. The smallest absolute Gasteiger partial charge is 0.344 e. The molecular formula is C20H29NO5. The van der Waals surface area contributed by atoms with Crippen LogP contribution >= 0.6 is 0 Å². The molecule has 1 N–H and O–H groups in total. The molecular weight excluding hydrogens is 334 g/mol. The van der Waals surface area contributed by atoms with Gasteiger partial charge in [0.1, 0.15) is 6.61 Å². The van der Waals surface area contributed by atoms with Crippen molar-refractivity contribution < 1.29 is 23.9 Å². The van der Waals surface area contributed by atoms with Crippen LogP contribution in [0, 0.1) is 0 Å². The summed E-state index contributed by atoms with van der Waals surface area (Å²) in [5, 5.41) is 2.40. The van der Waals surface area contributed by atoms with Crippen LogP contribution in [0.5, 0.6) is 0 Å². The van der Waals surface area contributed by atoms with Crippen LogP contribution in [0.3, 0.4) is 0 Å². The molecule has 0 aliphatic heterocycles. The summed E-state index contributed by atoms with van der Waals surface area (Å²) in [6.45, 7) is 10.9. The molecule has 1 atom stereocenters. The van der Waals surface area contributed by atoms with Crippen molar-refractivity contribution in [1.82, 2.24) is 5.32 Å². The molecule has 1 aromatic rings. The molecule has 0 heterocycles. The second-order valence-electron chi connectivity index (χ2n) is 7.18. The summed E-state index contributed by atoms with van der Waals surface area (Å²) in [6.07, 6.45) is 0.0349. The number of benzene rings is 1. The van der Waals surface area contributed by atoms with Crippen LogP contribution in [0.25, 0.3) is 0 Å². The summed E-state index contributed by atoms with van der Waals surface area (Å²) in [5.74, 6) is -2.15. The molecule has 6 heteroatoms. The Morgan fingerprint density at radius 2 is 1.50 bits per heavy atom. The molecule has 0 radical (unpaired) electrons. The summed E-state index contributed by atoms with van der Waals surface area (Å²) in [6, 6.07) is 7.72. The lowest BCUT2D eigenvalue weighted by Crippen LogP contribution is -2.60. The SMILES string of the molecule is CCOC(=O)C(CC)(NC(C)=O)C(=O)OCc1ccc(C(C)(C)C)cc1. The van der Waals surface area contributed by atoms with Gasteiger partial charge in [0.25, 0.3) is 0 Å². The third-order valence-corrected chi connectivity index (χ3v) is 4.08. The van der Waals surface area contributed by atoms with E-state index in [0.29, 0.717) is 0 Å². The van der Waals surface area contributed by atoms with Gasteiger partial charge in [-0.25, -0.2) is 9.59 Å². The van der Waals surface area contributed by atoms with Gasteiger partial charge in [-0.3, -0.25) is 4.79 Å². The summed E-state index contributed by atoms with van der Waals surface area (Å²) in [4.78, 5) is 36.4. The zero-order chi connectivity index (χ0) is 20.0. The van der Waals surface area contributed by atoms with E-state index in [-0.39, 0.29) is 25.0 Å². The van der Waals surface area contributed by atoms with E-state index >= 15 is 0 Å². The minimum Gasteiger partial charge on any atom is -0.464 e. The molecule has 1 rings (SSSR count). The van der Waals surface area contributed by atoms with E-state index < -0.39 is 23.4 Å². The molecule has 1 unspecified atom stereocenters. The lowest BCUT2D eigenvalue weighted by molar-refractivity contribution is -0.169. The molecule has 0 saturated heterocycles. The van der Waals surface area contributed by atoms with Crippen molar-refractivity contribution in [3.63, 3.8) is 0 Å². The Labute approximate surface area is 155 Å². The number of nitrogens with one attached hydrogen (secondary N) is 1. The van der Waals surface area contributed by atoms with E-state index in [9.17, 15) is 14.4 Å². The van der Waals surface area contributed by atoms with Gasteiger partial charge in [-0.05, 0) is 29.9 Å². The van der Waals surface area contributed by atoms with Crippen LogP contribution in [0.1, 0.15) is 59.1 Å². The third-order valence-electron chi connectivity index (χ3n) is 4.08. The Kier molecular flexibility index (Phi) is 7.36. The molecule has 0 aromatic heterocycles. The van der Waals surface area contributed by atoms with E-state index in [2.05, 4.69) is 26.1 Å². The van der Waals surface area contributed by atoms with Crippen molar-refractivity contribution in [3.05, 3.63) is 35.4 Å². The first-order chi connectivity index (χ1) is 12.1. The van der Waals surface area contributed by atoms with Gasteiger partial charge in [0, 0.05) is 6.92 Å². The maximum atomic E-state index is 12.6. The Hall–Kier alpha value is -2.37. The first kappa shape index (κ1) is 21.7. The standard InChI is InChI=1S/C20H29NO5/c1-7-20(21-14(3)22,17(23)25-8-2)18(24)26-13-15-9-11-16(12-10-15)19(4,5)6/h9-12H,7-8,13H2,1-6H3,(H,21,22). The second-order valence-corrected chi connectivity index (χ2v) is 7.18. The third kappa shape index (κ3) is 5.31. The van der Waals surface area contributed by atoms with Crippen LogP contribution < -0.4 is 5.32 Å². The monoisotopic (exact) mass is 363 g/mol. The highest BCUT2D eigenvalue weighted by Gasteiger charge is 2.48. The van der Waals surface area contributed by atoms with E-state index in [1.54, 1.807) is 13.8 Å². The van der Waals surface area contributed by atoms with Crippen LogP contribution in [0.15, 0.2) is 24.3 Å². The summed E-state index contributed by atoms with van der Waals surface area (Å²) in [7, 11) is 0. The quantitative estimate of drug-likeness (QED) is 0.595. The maximum absolute atomic E-state index is 12.6. The molecule has 1 amide bonds. The first-order valence-electron chi connectivity index (χ1n) is 8.79. The molecule has 0 fully saturated rings. The van der Waals surface area contributed by atoms with E-state index in [4.69, 9.17) is 9.47 Å². The molecule has 0 spiro atoms. The lowest BCUT2D eigenvalue weighted by atomic mass is 9.87. The van der Waals surface area contributed by atoms with Gasteiger partial charge in [0.15, 0.2) is 0 Å². The minimum atomic E-state index is -1.83. The van der Waals surface area contributed by atoms with Gasteiger partial charge in [-0.1, -0.05) is 52.0 Å². The Balaban J connectivity index is 2.92. The van der Waals surface area contributed by atoms with Gasteiger partial charge in [-0.2, -0.15) is 0 Å². The van der Waals surface area contributed by atoms with Crippen molar-refractivity contribution >= 4 is 17.8 Å². The second kappa shape index (κ2) is 8.83. The zero-order valence-corrected chi connectivity index (χ0v) is 16.5. The molecule has 6 nitrogen and oxygen atoms in total. The topological polar surface area (TPSA) is 81.7 Å². The summed E-state index contributed by atoms with van der Waals surface area (Å²) in [5.41, 5.74) is 0.165. The van der Waals surface area contributed by atoms with E-state index in [1.165, 1.54) is 12.5 Å². The number of carbonyl (C=O) groups is 3. The average molecular weight is 363 g/mol. The number of ether oxygens (including phenoxy) is 2. The van der Waals surface area contributed by atoms with E-state index in [0.717, 1.165) is 5.56 Å². The Morgan fingerprint density at radius 1 is 0.962 bits per heavy atom. The van der Waals surface area contributed by atoms with Crippen LogP contribution in [0.4, 0.5) is 0 Å². The summed E-state index contributed by atoms with van der Waals surface area (Å²) >= 11 is 0. The van der Waals surface area contributed by atoms with E-state index in [1.807, 2.05) is 24.3 Å². The Morgan fingerprint density at radius 3 is 1.92 bits per heavy atom. The highest BCUT2D eigenvalue weighted by Crippen LogP contribution is 2.23. The number of hydrogen-bond acceptors (Lipinski definition) is 5. The number of carbonyl (C=O) groups excluding carboxylic acids is 3. The minimum absolute atomic E-state index is 0.00396. The fraction of sp³-hybridized carbons (Fsp3) is 0.550. The molecule has 26 heavy (non-hydrogen) atoms. The molecule has 144 valence electrons. The lowest BCUT2D eigenvalue weighted by Gasteiger charge is -2.28. The fourth-order valence-electron chi connectivity index (χ4n) is 2.49. The van der Waals surface area contributed by atoms with Gasteiger partial charge in [0.05, 0.1) is 6.61 Å². The van der Waals surface area contributed by atoms with Crippen molar-refractivity contribution in [3.8, 4) is 0 Å². The zero-order valence-electron chi connectivity index (χ0n) is 16.5. The predicted molar refractivity (Wildman–Crippen MR) is 98.4 cm³/mol. The number of hydrogen-bond donors (Lipinski definition) is 1.